The first-order valence-corrected chi connectivity index (χ1v) is 12.7. The van der Waals surface area contributed by atoms with Crippen LogP contribution < -0.4 is 15.1 Å². The predicted molar refractivity (Wildman–Crippen MR) is 122 cm³/mol. The maximum atomic E-state index is 13.2. The largest absolute Gasteiger partial charge is 0.433 e. The zero-order valence-electron chi connectivity index (χ0n) is 19.4. The molecule has 1 aliphatic rings. The molecule has 1 aliphatic heterocycles. The zero-order valence-corrected chi connectivity index (χ0v) is 20.2. The summed E-state index contributed by atoms with van der Waals surface area (Å²) in [6, 6.07) is 5.70. The summed E-state index contributed by atoms with van der Waals surface area (Å²) >= 11 is 0. The van der Waals surface area contributed by atoms with Gasteiger partial charge in [0.2, 0.25) is 11.9 Å². The number of amides is 1. The molecule has 12 heteroatoms. The van der Waals surface area contributed by atoms with Crippen molar-refractivity contribution in [1.29, 1.82) is 0 Å². The van der Waals surface area contributed by atoms with Gasteiger partial charge in [-0.2, -0.15) is 13.2 Å². The zero-order chi connectivity index (χ0) is 25.3. The van der Waals surface area contributed by atoms with Crippen molar-refractivity contribution in [2.45, 2.75) is 44.4 Å². The summed E-state index contributed by atoms with van der Waals surface area (Å²) in [7, 11) is -3.56. The van der Waals surface area contributed by atoms with Gasteiger partial charge >= 0.3 is 6.18 Å². The number of aromatic nitrogens is 2. The third-order valence-corrected chi connectivity index (χ3v) is 6.90. The number of hydrogen-bond donors (Lipinski definition) is 1. The van der Waals surface area contributed by atoms with Crippen LogP contribution in [0, 0.1) is 5.92 Å². The highest BCUT2D eigenvalue weighted by Gasteiger charge is 2.36. The van der Waals surface area contributed by atoms with Crippen molar-refractivity contribution in [2.24, 2.45) is 5.92 Å². The molecular formula is C22H28F3N5O3S. The summed E-state index contributed by atoms with van der Waals surface area (Å²) in [6.07, 6.45) is -2.34. The van der Waals surface area contributed by atoms with Gasteiger partial charge in [-0.05, 0) is 29.7 Å². The van der Waals surface area contributed by atoms with E-state index in [2.05, 4.69) is 15.3 Å². The van der Waals surface area contributed by atoms with E-state index < -0.39 is 21.7 Å². The number of piperazine rings is 1. The van der Waals surface area contributed by atoms with Crippen molar-refractivity contribution < 1.29 is 26.4 Å². The molecule has 0 saturated carbocycles. The molecule has 0 bridgehead atoms. The summed E-state index contributed by atoms with van der Waals surface area (Å²) in [4.78, 5) is 23.0. The van der Waals surface area contributed by atoms with Crippen molar-refractivity contribution in [3.63, 3.8) is 0 Å². The number of carbonyl (C=O) groups is 1. The highest BCUT2D eigenvalue weighted by molar-refractivity contribution is 7.90. The molecule has 0 radical (unpaired) electrons. The van der Waals surface area contributed by atoms with Crippen LogP contribution in [0.1, 0.15) is 32.0 Å². The van der Waals surface area contributed by atoms with Crippen LogP contribution in [-0.4, -0.2) is 56.2 Å². The number of halogens is 3. The standard InChI is InChI=1S/C22H28F3N5O3S/c1-14(2)18-13-29(9-10-30(18)21-26-8-7-20(28-21)22(23,24)25)17-6-5-16(12-27-15(3)31)19(11-17)34(4,32)33/h5-8,11,14,18H,9-10,12-13H2,1-4H3,(H,27,31)/t18-/m0/s1. The minimum absolute atomic E-state index is 0.0238. The second kappa shape index (κ2) is 9.77. The number of anilines is 2. The number of hydrogen-bond acceptors (Lipinski definition) is 7. The van der Waals surface area contributed by atoms with Gasteiger partial charge in [-0.1, -0.05) is 19.9 Å². The SMILES string of the molecule is CC(=O)NCc1ccc(N2CCN(c3nccc(C(F)(F)F)n3)[C@H](C(C)C)C2)cc1S(C)(=O)=O. The first-order valence-electron chi connectivity index (χ1n) is 10.8. The van der Waals surface area contributed by atoms with E-state index >= 15 is 0 Å². The van der Waals surface area contributed by atoms with Crippen LogP contribution in [0.15, 0.2) is 35.4 Å². The molecule has 34 heavy (non-hydrogen) atoms. The Hall–Kier alpha value is -2.89. The second-order valence-corrected chi connectivity index (χ2v) is 10.6. The van der Waals surface area contributed by atoms with E-state index in [1.165, 1.54) is 6.92 Å². The third-order valence-electron chi connectivity index (χ3n) is 5.72. The first-order chi connectivity index (χ1) is 15.8. The molecule has 3 rings (SSSR count). The molecule has 2 aromatic rings. The van der Waals surface area contributed by atoms with Crippen LogP contribution >= 0.6 is 0 Å². The minimum atomic E-state index is -4.56. The van der Waals surface area contributed by atoms with Gasteiger partial charge < -0.3 is 15.1 Å². The number of nitrogens with zero attached hydrogens (tertiary/aromatic N) is 4. The van der Waals surface area contributed by atoms with Gasteiger partial charge in [0.1, 0.15) is 5.69 Å². The second-order valence-electron chi connectivity index (χ2n) is 8.66. The molecular weight excluding hydrogens is 471 g/mol. The molecule has 1 atom stereocenters. The Morgan fingerprint density at radius 1 is 1.24 bits per heavy atom. The summed E-state index contributed by atoms with van der Waals surface area (Å²) in [5.41, 5.74) is 0.176. The quantitative estimate of drug-likeness (QED) is 0.653. The van der Waals surface area contributed by atoms with E-state index in [0.717, 1.165) is 18.5 Å². The van der Waals surface area contributed by atoms with E-state index in [9.17, 15) is 26.4 Å². The van der Waals surface area contributed by atoms with Gasteiger partial charge in [-0.3, -0.25) is 4.79 Å². The molecule has 1 fully saturated rings. The van der Waals surface area contributed by atoms with Gasteiger partial charge in [0.15, 0.2) is 9.84 Å². The highest BCUT2D eigenvalue weighted by atomic mass is 32.2. The average molecular weight is 500 g/mol. The van der Waals surface area contributed by atoms with Crippen molar-refractivity contribution in [1.82, 2.24) is 15.3 Å². The number of carbonyl (C=O) groups excluding carboxylic acids is 1. The molecule has 1 saturated heterocycles. The number of nitrogens with one attached hydrogen (secondary N) is 1. The van der Waals surface area contributed by atoms with E-state index in [4.69, 9.17) is 0 Å². The number of benzene rings is 1. The smallest absolute Gasteiger partial charge is 0.368 e. The Balaban J connectivity index is 1.89. The fourth-order valence-corrected chi connectivity index (χ4v) is 4.91. The van der Waals surface area contributed by atoms with Gasteiger partial charge in [0.05, 0.1) is 10.9 Å². The van der Waals surface area contributed by atoms with Crippen molar-refractivity contribution >= 4 is 27.4 Å². The molecule has 0 spiro atoms. The van der Waals surface area contributed by atoms with Gasteiger partial charge in [-0.25, -0.2) is 18.4 Å². The van der Waals surface area contributed by atoms with Crippen LogP contribution in [0.4, 0.5) is 24.8 Å². The predicted octanol–water partition coefficient (Wildman–Crippen LogP) is 2.89. The molecule has 8 nitrogen and oxygen atoms in total. The number of rotatable bonds is 6. The molecule has 1 aromatic carbocycles. The molecule has 0 unspecified atom stereocenters. The van der Waals surface area contributed by atoms with E-state index in [1.807, 2.05) is 18.7 Å². The van der Waals surface area contributed by atoms with Gasteiger partial charge in [0.25, 0.3) is 0 Å². The first kappa shape index (κ1) is 25.7. The van der Waals surface area contributed by atoms with Crippen LogP contribution in [-0.2, 0) is 27.4 Å². The topological polar surface area (TPSA) is 95.5 Å². The Labute approximate surface area is 197 Å². The fraction of sp³-hybridized carbons (Fsp3) is 0.500. The summed E-state index contributed by atoms with van der Waals surface area (Å²) in [6.45, 7) is 6.64. The Bertz CT molecular complexity index is 1150. The number of alkyl halides is 3. The van der Waals surface area contributed by atoms with Gasteiger partial charge in [-0.15, -0.1) is 0 Å². The molecule has 1 amide bonds. The third kappa shape index (κ3) is 5.96. The van der Waals surface area contributed by atoms with Crippen LogP contribution in [0.2, 0.25) is 0 Å². The molecule has 2 heterocycles. The summed E-state index contributed by atoms with van der Waals surface area (Å²) in [5.74, 6) is -0.179. The maximum Gasteiger partial charge on any atom is 0.433 e. The maximum absolute atomic E-state index is 13.2. The summed E-state index contributed by atoms with van der Waals surface area (Å²) < 4.78 is 64.3. The Kier molecular flexibility index (Phi) is 7.39. The van der Waals surface area contributed by atoms with Crippen molar-refractivity contribution in [3.05, 3.63) is 41.7 Å². The van der Waals surface area contributed by atoms with Crippen LogP contribution in [0.3, 0.4) is 0 Å². The molecule has 0 aliphatic carbocycles. The lowest BCUT2D eigenvalue weighted by molar-refractivity contribution is -0.141. The van der Waals surface area contributed by atoms with Crippen molar-refractivity contribution in [3.8, 4) is 0 Å². The monoisotopic (exact) mass is 499 g/mol. The Morgan fingerprint density at radius 3 is 2.53 bits per heavy atom. The minimum Gasteiger partial charge on any atom is -0.368 e. The van der Waals surface area contributed by atoms with Crippen molar-refractivity contribution in [2.75, 3.05) is 35.7 Å². The Morgan fingerprint density at radius 2 is 1.94 bits per heavy atom. The lowest BCUT2D eigenvalue weighted by atomic mass is 9.99. The lowest BCUT2D eigenvalue weighted by Crippen LogP contribution is -2.56. The lowest BCUT2D eigenvalue weighted by Gasteiger charge is -2.44. The molecule has 1 aromatic heterocycles. The van der Waals surface area contributed by atoms with Crippen LogP contribution in [0.25, 0.3) is 0 Å². The average Bonchev–Trinajstić information content (AvgIpc) is 2.76. The number of sulfone groups is 1. The normalized spacial score (nSPS) is 17.2. The van der Waals surface area contributed by atoms with E-state index in [1.54, 1.807) is 23.1 Å². The van der Waals surface area contributed by atoms with Gasteiger partial charge in [0, 0.05) is 51.2 Å². The molecule has 186 valence electrons. The highest BCUT2D eigenvalue weighted by Crippen LogP contribution is 2.31. The fourth-order valence-electron chi connectivity index (χ4n) is 3.96. The van der Waals surface area contributed by atoms with E-state index in [-0.39, 0.29) is 35.3 Å². The van der Waals surface area contributed by atoms with E-state index in [0.29, 0.717) is 30.9 Å². The summed E-state index contributed by atoms with van der Waals surface area (Å²) in [5, 5.41) is 2.62. The van der Waals surface area contributed by atoms with Crippen LogP contribution in [0.5, 0.6) is 0 Å². The molecule has 1 N–H and O–H groups in total.